The van der Waals surface area contributed by atoms with Crippen LogP contribution >= 0.6 is 0 Å². The van der Waals surface area contributed by atoms with E-state index in [4.69, 9.17) is 9.84 Å². The third kappa shape index (κ3) is 4.42. The van der Waals surface area contributed by atoms with Gasteiger partial charge in [0.15, 0.2) is 0 Å². The van der Waals surface area contributed by atoms with Crippen LogP contribution in [-0.4, -0.2) is 59.6 Å². The van der Waals surface area contributed by atoms with E-state index in [9.17, 15) is 14.4 Å². The highest BCUT2D eigenvalue weighted by Crippen LogP contribution is 2.19. The maximum atomic E-state index is 12.3. The fourth-order valence-electron chi connectivity index (χ4n) is 2.84. The van der Waals surface area contributed by atoms with E-state index >= 15 is 0 Å². The molecular weight excluding hydrogens is 276 g/mol. The zero-order valence-electron chi connectivity index (χ0n) is 12.0. The van der Waals surface area contributed by atoms with Crippen molar-refractivity contribution in [2.75, 3.05) is 19.7 Å². The Morgan fingerprint density at radius 1 is 1.38 bits per heavy atom. The van der Waals surface area contributed by atoms with Crippen LogP contribution in [0.3, 0.4) is 0 Å². The Kier molecular flexibility index (Phi) is 5.55. The molecule has 0 aliphatic carbocycles. The van der Waals surface area contributed by atoms with Gasteiger partial charge in [-0.05, 0) is 25.7 Å². The van der Waals surface area contributed by atoms with Crippen LogP contribution < -0.4 is 5.32 Å². The van der Waals surface area contributed by atoms with Crippen LogP contribution in [0.5, 0.6) is 0 Å². The lowest BCUT2D eigenvalue weighted by Crippen LogP contribution is -2.57. The molecule has 0 aromatic carbocycles. The van der Waals surface area contributed by atoms with Gasteiger partial charge in [0.2, 0.25) is 11.8 Å². The molecular formula is C14H22N2O5. The molecule has 0 aromatic heterocycles. The largest absolute Gasteiger partial charge is 0.481 e. The number of ether oxygens (including phenoxy) is 1. The van der Waals surface area contributed by atoms with E-state index in [-0.39, 0.29) is 24.3 Å². The average Bonchev–Trinajstić information content (AvgIpc) is 2.47. The molecule has 0 saturated carbocycles. The first kappa shape index (κ1) is 15.8. The Labute approximate surface area is 123 Å². The van der Waals surface area contributed by atoms with Gasteiger partial charge in [0.25, 0.3) is 0 Å². The Hall–Kier alpha value is -1.63. The molecule has 0 aromatic rings. The van der Waals surface area contributed by atoms with Gasteiger partial charge in [-0.25, -0.2) is 0 Å². The predicted octanol–water partition coefficient (Wildman–Crippen LogP) is 0.137. The number of carbonyl (C=O) groups is 3. The van der Waals surface area contributed by atoms with Crippen LogP contribution in [-0.2, 0) is 19.1 Å². The standard InChI is InChI=1S/C14H22N2O5/c17-12(5-4-10-3-1-2-8-21-10)16-7-6-15-14(20)11(16)9-13(18)19/h10-11H,1-9H2,(H,15,20)(H,18,19). The monoisotopic (exact) mass is 298 g/mol. The SMILES string of the molecule is O=C(O)CC1C(=O)NCCN1C(=O)CCC1CCCCO1. The molecule has 2 atom stereocenters. The van der Waals surface area contributed by atoms with Crippen molar-refractivity contribution in [3.63, 3.8) is 0 Å². The topological polar surface area (TPSA) is 95.9 Å². The third-order valence-corrected chi connectivity index (χ3v) is 3.97. The van der Waals surface area contributed by atoms with E-state index in [1.54, 1.807) is 0 Å². The minimum absolute atomic E-state index is 0.110. The van der Waals surface area contributed by atoms with Crippen molar-refractivity contribution in [1.29, 1.82) is 0 Å². The maximum Gasteiger partial charge on any atom is 0.305 e. The normalized spacial score (nSPS) is 26.3. The highest BCUT2D eigenvalue weighted by Gasteiger charge is 2.34. The van der Waals surface area contributed by atoms with Crippen molar-refractivity contribution >= 4 is 17.8 Å². The number of carboxylic acids is 1. The molecule has 0 spiro atoms. The Bertz CT molecular complexity index is 406. The number of rotatable bonds is 5. The first-order valence-electron chi connectivity index (χ1n) is 7.48. The highest BCUT2D eigenvalue weighted by molar-refractivity contribution is 5.91. The second-order valence-electron chi connectivity index (χ2n) is 5.52. The van der Waals surface area contributed by atoms with Crippen molar-refractivity contribution in [2.45, 2.75) is 50.7 Å². The van der Waals surface area contributed by atoms with Crippen molar-refractivity contribution in [2.24, 2.45) is 0 Å². The number of aliphatic carboxylic acids is 1. The van der Waals surface area contributed by atoms with E-state index in [0.717, 1.165) is 25.9 Å². The minimum Gasteiger partial charge on any atom is -0.481 e. The molecule has 2 saturated heterocycles. The summed E-state index contributed by atoms with van der Waals surface area (Å²) in [4.78, 5) is 36.3. The molecule has 2 N–H and O–H groups in total. The molecule has 2 unspecified atom stereocenters. The van der Waals surface area contributed by atoms with Crippen LogP contribution in [0, 0.1) is 0 Å². The molecule has 2 aliphatic rings. The summed E-state index contributed by atoms with van der Waals surface area (Å²) in [6, 6.07) is -0.893. The molecule has 21 heavy (non-hydrogen) atoms. The van der Waals surface area contributed by atoms with E-state index in [2.05, 4.69) is 5.32 Å². The average molecular weight is 298 g/mol. The summed E-state index contributed by atoms with van der Waals surface area (Å²) < 4.78 is 5.58. The van der Waals surface area contributed by atoms with Crippen LogP contribution in [0.4, 0.5) is 0 Å². The second-order valence-corrected chi connectivity index (χ2v) is 5.52. The fourth-order valence-corrected chi connectivity index (χ4v) is 2.84. The van der Waals surface area contributed by atoms with Crippen molar-refractivity contribution in [1.82, 2.24) is 10.2 Å². The molecule has 2 amide bonds. The van der Waals surface area contributed by atoms with E-state index < -0.39 is 12.0 Å². The van der Waals surface area contributed by atoms with Gasteiger partial charge in [0.1, 0.15) is 6.04 Å². The number of amides is 2. The van der Waals surface area contributed by atoms with Gasteiger partial charge in [0.05, 0.1) is 12.5 Å². The summed E-state index contributed by atoms with van der Waals surface area (Å²) in [6.07, 6.45) is 3.85. The van der Waals surface area contributed by atoms with E-state index in [0.29, 0.717) is 25.9 Å². The predicted molar refractivity (Wildman–Crippen MR) is 73.6 cm³/mol. The maximum absolute atomic E-state index is 12.3. The van der Waals surface area contributed by atoms with Crippen molar-refractivity contribution in [3.05, 3.63) is 0 Å². The second kappa shape index (κ2) is 7.40. The number of hydrogen-bond donors (Lipinski definition) is 2. The molecule has 7 nitrogen and oxygen atoms in total. The summed E-state index contributed by atoms with van der Waals surface area (Å²) in [5, 5.41) is 11.5. The lowest BCUT2D eigenvalue weighted by Gasteiger charge is -2.34. The van der Waals surface area contributed by atoms with E-state index in [1.165, 1.54) is 4.90 Å². The van der Waals surface area contributed by atoms with Gasteiger partial charge < -0.3 is 20.1 Å². The van der Waals surface area contributed by atoms with Crippen molar-refractivity contribution < 1.29 is 24.2 Å². The molecule has 2 aliphatic heterocycles. The zero-order chi connectivity index (χ0) is 15.2. The molecule has 0 radical (unpaired) electrons. The van der Waals surface area contributed by atoms with Gasteiger partial charge in [-0.1, -0.05) is 0 Å². The minimum atomic E-state index is -1.08. The lowest BCUT2D eigenvalue weighted by atomic mass is 10.0. The molecule has 2 heterocycles. The molecule has 2 rings (SSSR count). The van der Waals surface area contributed by atoms with Crippen LogP contribution in [0.2, 0.25) is 0 Å². The molecule has 7 heteroatoms. The third-order valence-electron chi connectivity index (χ3n) is 3.97. The Morgan fingerprint density at radius 3 is 2.86 bits per heavy atom. The summed E-state index contributed by atoms with van der Waals surface area (Å²) in [5.74, 6) is -1.62. The summed E-state index contributed by atoms with van der Waals surface area (Å²) in [7, 11) is 0. The first-order valence-corrected chi connectivity index (χ1v) is 7.48. The van der Waals surface area contributed by atoms with Crippen molar-refractivity contribution in [3.8, 4) is 0 Å². The van der Waals surface area contributed by atoms with Gasteiger partial charge in [0, 0.05) is 26.1 Å². The van der Waals surface area contributed by atoms with Gasteiger partial charge in [-0.2, -0.15) is 0 Å². The van der Waals surface area contributed by atoms with Gasteiger partial charge in [-0.15, -0.1) is 0 Å². The highest BCUT2D eigenvalue weighted by atomic mass is 16.5. The number of nitrogens with one attached hydrogen (secondary N) is 1. The quantitative estimate of drug-likeness (QED) is 0.752. The van der Waals surface area contributed by atoms with Crippen LogP contribution in [0.1, 0.15) is 38.5 Å². The molecule has 118 valence electrons. The van der Waals surface area contributed by atoms with Gasteiger partial charge in [-0.3, -0.25) is 14.4 Å². The fraction of sp³-hybridized carbons (Fsp3) is 0.786. The number of carboxylic acid groups (broad SMARTS) is 1. The van der Waals surface area contributed by atoms with Crippen LogP contribution in [0.25, 0.3) is 0 Å². The van der Waals surface area contributed by atoms with E-state index in [1.807, 2.05) is 0 Å². The first-order chi connectivity index (χ1) is 10.1. The molecule has 0 bridgehead atoms. The Balaban J connectivity index is 1.88. The number of hydrogen-bond acceptors (Lipinski definition) is 4. The number of piperazine rings is 1. The van der Waals surface area contributed by atoms with Gasteiger partial charge >= 0.3 is 5.97 Å². The summed E-state index contributed by atoms with van der Waals surface area (Å²) >= 11 is 0. The smallest absolute Gasteiger partial charge is 0.305 e. The molecule has 2 fully saturated rings. The zero-order valence-corrected chi connectivity index (χ0v) is 12.0. The Morgan fingerprint density at radius 2 is 2.19 bits per heavy atom. The number of carbonyl (C=O) groups excluding carboxylic acids is 2. The number of nitrogens with zero attached hydrogens (tertiary/aromatic N) is 1. The summed E-state index contributed by atoms with van der Waals surface area (Å²) in [5.41, 5.74) is 0. The lowest BCUT2D eigenvalue weighted by molar-refractivity contribution is -0.149. The summed E-state index contributed by atoms with van der Waals surface area (Å²) in [6.45, 7) is 1.49. The van der Waals surface area contributed by atoms with Crippen LogP contribution in [0.15, 0.2) is 0 Å².